The van der Waals surface area contributed by atoms with Crippen molar-refractivity contribution in [2.24, 2.45) is 17.8 Å². The van der Waals surface area contributed by atoms with Gasteiger partial charge in [-0.15, -0.1) is 0 Å². The van der Waals surface area contributed by atoms with E-state index in [0.717, 1.165) is 5.57 Å². The summed E-state index contributed by atoms with van der Waals surface area (Å²) in [5.41, 5.74) is 1.54. The van der Waals surface area contributed by atoms with Crippen LogP contribution in [0.2, 0.25) is 0 Å². The van der Waals surface area contributed by atoms with Crippen LogP contribution >= 0.6 is 0 Å². The van der Waals surface area contributed by atoms with Crippen molar-refractivity contribution in [2.45, 2.75) is 20.3 Å². The van der Waals surface area contributed by atoms with Crippen LogP contribution in [0.5, 0.6) is 0 Å². The number of para-hydroxylation sites is 1. The molecule has 0 saturated heterocycles. The highest BCUT2D eigenvalue weighted by molar-refractivity contribution is 6.02. The van der Waals surface area contributed by atoms with Gasteiger partial charge in [0, 0.05) is 0 Å². The number of anilines is 1. The molecule has 1 aromatic carbocycles. The van der Waals surface area contributed by atoms with E-state index in [1.54, 1.807) is 31.2 Å². The van der Waals surface area contributed by atoms with Crippen molar-refractivity contribution in [2.75, 3.05) is 12.4 Å². The average molecular weight is 331 g/mol. The van der Waals surface area contributed by atoms with Gasteiger partial charge in [0.25, 0.3) is 0 Å². The molecule has 2 rings (SSSR count). The van der Waals surface area contributed by atoms with Crippen LogP contribution in [0, 0.1) is 17.8 Å². The second-order valence-corrected chi connectivity index (χ2v) is 6.07. The summed E-state index contributed by atoms with van der Waals surface area (Å²) in [6.45, 7) is 3.68. The summed E-state index contributed by atoms with van der Waals surface area (Å²) in [5, 5.41) is 12.2. The van der Waals surface area contributed by atoms with Crippen molar-refractivity contribution >= 4 is 23.5 Å². The first-order chi connectivity index (χ1) is 11.3. The molecular weight excluding hydrogens is 310 g/mol. The zero-order valence-corrected chi connectivity index (χ0v) is 13.9. The largest absolute Gasteiger partial charge is 0.481 e. The Bertz CT molecular complexity index is 694. The molecule has 6 heteroatoms. The number of esters is 1. The molecular formula is C18H21NO5. The fourth-order valence-corrected chi connectivity index (χ4v) is 3.22. The van der Waals surface area contributed by atoms with Crippen LogP contribution in [-0.4, -0.2) is 30.1 Å². The Morgan fingerprint density at radius 2 is 1.92 bits per heavy atom. The summed E-state index contributed by atoms with van der Waals surface area (Å²) in [4.78, 5) is 36.1. The van der Waals surface area contributed by atoms with Gasteiger partial charge >= 0.3 is 11.9 Å². The number of benzene rings is 1. The number of aliphatic carboxylic acids is 1. The number of carboxylic acids is 1. The van der Waals surface area contributed by atoms with Gasteiger partial charge in [0.15, 0.2) is 0 Å². The number of hydrogen-bond acceptors (Lipinski definition) is 4. The third-order valence-electron chi connectivity index (χ3n) is 4.30. The van der Waals surface area contributed by atoms with E-state index in [4.69, 9.17) is 4.74 Å². The highest BCUT2D eigenvalue weighted by Gasteiger charge is 2.39. The number of carbonyl (C=O) groups is 3. The van der Waals surface area contributed by atoms with E-state index in [0.29, 0.717) is 12.1 Å². The predicted molar refractivity (Wildman–Crippen MR) is 88.6 cm³/mol. The van der Waals surface area contributed by atoms with Gasteiger partial charge in [-0.1, -0.05) is 30.7 Å². The normalized spacial score (nSPS) is 23.1. The van der Waals surface area contributed by atoms with Crippen molar-refractivity contribution < 1.29 is 24.2 Å². The molecule has 0 fully saturated rings. The number of methoxy groups -OCH3 is 1. The minimum Gasteiger partial charge on any atom is -0.481 e. The van der Waals surface area contributed by atoms with Gasteiger partial charge < -0.3 is 15.2 Å². The monoisotopic (exact) mass is 331 g/mol. The molecule has 1 aliphatic rings. The van der Waals surface area contributed by atoms with Gasteiger partial charge in [-0.3, -0.25) is 9.59 Å². The third-order valence-corrected chi connectivity index (χ3v) is 4.30. The van der Waals surface area contributed by atoms with Gasteiger partial charge in [0.1, 0.15) is 0 Å². The lowest BCUT2D eigenvalue weighted by atomic mass is 9.73. The second kappa shape index (κ2) is 7.29. The second-order valence-electron chi connectivity index (χ2n) is 6.07. The number of ether oxygens (including phenoxy) is 1. The van der Waals surface area contributed by atoms with E-state index < -0.39 is 29.7 Å². The van der Waals surface area contributed by atoms with E-state index >= 15 is 0 Å². The number of hydrogen-bond donors (Lipinski definition) is 2. The third kappa shape index (κ3) is 3.64. The van der Waals surface area contributed by atoms with Gasteiger partial charge in [-0.05, 0) is 31.4 Å². The molecule has 0 radical (unpaired) electrons. The molecule has 24 heavy (non-hydrogen) atoms. The molecule has 2 N–H and O–H groups in total. The van der Waals surface area contributed by atoms with Crippen LogP contribution in [0.25, 0.3) is 0 Å². The summed E-state index contributed by atoms with van der Waals surface area (Å²) in [6.07, 6.45) is 2.28. The molecule has 1 aliphatic carbocycles. The SMILES string of the molecule is COC(=O)c1ccccc1NC(=O)[C@@H]1CC(C)=C[C@@H](C)[C@@H]1C(=O)O. The maximum atomic E-state index is 12.7. The van der Waals surface area contributed by atoms with Crippen LogP contribution < -0.4 is 5.32 Å². The molecule has 0 unspecified atom stereocenters. The zero-order valence-electron chi connectivity index (χ0n) is 13.9. The first kappa shape index (κ1) is 17.7. The zero-order chi connectivity index (χ0) is 17.9. The Morgan fingerprint density at radius 1 is 1.25 bits per heavy atom. The van der Waals surface area contributed by atoms with Crippen molar-refractivity contribution in [3.8, 4) is 0 Å². The fourth-order valence-electron chi connectivity index (χ4n) is 3.22. The lowest BCUT2D eigenvalue weighted by Crippen LogP contribution is -2.39. The molecule has 1 amide bonds. The van der Waals surface area contributed by atoms with Crippen LogP contribution in [0.15, 0.2) is 35.9 Å². The summed E-state index contributed by atoms with van der Waals surface area (Å²) in [7, 11) is 1.26. The maximum Gasteiger partial charge on any atom is 0.339 e. The molecule has 128 valence electrons. The standard InChI is InChI=1S/C18H21NO5/c1-10-8-11(2)15(17(21)22)13(9-10)16(20)19-14-7-5-4-6-12(14)18(23)24-3/h4-8,11,13,15H,9H2,1-3H3,(H,19,20)(H,21,22)/t11-,13-,15+/m1/s1. The van der Waals surface area contributed by atoms with Crippen LogP contribution in [0.3, 0.4) is 0 Å². The Morgan fingerprint density at radius 3 is 2.54 bits per heavy atom. The first-order valence-electron chi connectivity index (χ1n) is 7.73. The number of allylic oxidation sites excluding steroid dienone is 2. The lowest BCUT2D eigenvalue weighted by Gasteiger charge is -2.31. The quantitative estimate of drug-likeness (QED) is 0.654. The molecule has 0 heterocycles. The fraction of sp³-hybridized carbons (Fsp3) is 0.389. The number of carbonyl (C=O) groups excluding carboxylic acids is 2. The number of carboxylic acid groups (broad SMARTS) is 1. The highest BCUT2D eigenvalue weighted by Crippen LogP contribution is 2.35. The van der Waals surface area contributed by atoms with E-state index in [9.17, 15) is 19.5 Å². The van der Waals surface area contributed by atoms with Gasteiger partial charge in [-0.2, -0.15) is 0 Å². The molecule has 0 aliphatic heterocycles. The van der Waals surface area contributed by atoms with E-state index in [-0.39, 0.29) is 11.5 Å². The Labute approximate surface area is 140 Å². The van der Waals surface area contributed by atoms with Crippen LogP contribution in [-0.2, 0) is 14.3 Å². The van der Waals surface area contributed by atoms with E-state index in [2.05, 4.69) is 5.32 Å². The van der Waals surface area contributed by atoms with Crippen molar-refractivity contribution in [3.63, 3.8) is 0 Å². The maximum absolute atomic E-state index is 12.7. The van der Waals surface area contributed by atoms with Gasteiger partial charge in [-0.25, -0.2) is 4.79 Å². The summed E-state index contributed by atoms with van der Waals surface area (Å²) < 4.78 is 4.70. The van der Waals surface area contributed by atoms with Crippen molar-refractivity contribution in [3.05, 3.63) is 41.5 Å². The summed E-state index contributed by atoms with van der Waals surface area (Å²) >= 11 is 0. The van der Waals surface area contributed by atoms with E-state index in [1.165, 1.54) is 7.11 Å². The molecule has 3 atom stereocenters. The topological polar surface area (TPSA) is 92.7 Å². The van der Waals surface area contributed by atoms with Crippen LogP contribution in [0.4, 0.5) is 5.69 Å². The highest BCUT2D eigenvalue weighted by atomic mass is 16.5. The average Bonchev–Trinajstić information content (AvgIpc) is 2.53. The molecule has 0 spiro atoms. The number of nitrogens with one attached hydrogen (secondary N) is 1. The Hall–Kier alpha value is -2.63. The molecule has 0 saturated carbocycles. The van der Waals surface area contributed by atoms with E-state index in [1.807, 2.05) is 13.0 Å². The molecule has 6 nitrogen and oxygen atoms in total. The predicted octanol–water partition coefficient (Wildman–Crippen LogP) is 2.71. The lowest BCUT2D eigenvalue weighted by molar-refractivity contribution is -0.148. The number of amides is 1. The van der Waals surface area contributed by atoms with Gasteiger partial charge in [0.05, 0.1) is 30.2 Å². The van der Waals surface area contributed by atoms with Crippen molar-refractivity contribution in [1.82, 2.24) is 0 Å². The molecule has 1 aromatic rings. The summed E-state index contributed by atoms with van der Waals surface area (Å²) in [5.74, 6) is -3.67. The smallest absolute Gasteiger partial charge is 0.339 e. The Balaban J connectivity index is 2.28. The Kier molecular flexibility index (Phi) is 5.39. The first-order valence-corrected chi connectivity index (χ1v) is 7.73. The molecule has 0 aromatic heterocycles. The minimum absolute atomic E-state index is 0.233. The van der Waals surface area contributed by atoms with Crippen molar-refractivity contribution in [1.29, 1.82) is 0 Å². The minimum atomic E-state index is -0.993. The number of rotatable bonds is 4. The van der Waals surface area contributed by atoms with Gasteiger partial charge in [0.2, 0.25) is 5.91 Å². The molecule has 0 bridgehead atoms. The summed E-state index contributed by atoms with van der Waals surface area (Å²) in [6, 6.07) is 6.49. The van der Waals surface area contributed by atoms with Crippen LogP contribution in [0.1, 0.15) is 30.6 Å².